The lowest BCUT2D eigenvalue weighted by Gasteiger charge is -2.25. The molecule has 4 nitrogen and oxygen atoms in total. The van der Waals surface area contributed by atoms with Gasteiger partial charge in [-0.1, -0.05) is 19.1 Å². The van der Waals surface area contributed by atoms with Crippen molar-refractivity contribution in [2.45, 2.75) is 19.4 Å². The van der Waals surface area contributed by atoms with Gasteiger partial charge in [0.2, 0.25) is 0 Å². The summed E-state index contributed by atoms with van der Waals surface area (Å²) in [6, 6.07) is 3.88. The van der Waals surface area contributed by atoms with Crippen molar-refractivity contribution >= 4 is 0 Å². The van der Waals surface area contributed by atoms with E-state index >= 15 is 0 Å². The Kier molecular flexibility index (Phi) is 8.37. The average molecular weight is 302 g/mol. The molecule has 0 fully saturated rings. The minimum absolute atomic E-state index is 0.000198. The fraction of sp³-hybridized carbons (Fsp3) is 0.600. The number of hydrogen-bond donors (Lipinski definition) is 3. The summed E-state index contributed by atoms with van der Waals surface area (Å²) in [7, 11) is 0. The smallest absolute Gasteiger partial charge is 0.163 e. The number of hydrogen-bond acceptors (Lipinski definition) is 4. The molecule has 0 amide bonds. The van der Waals surface area contributed by atoms with Crippen molar-refractivity contribution < 1.29 is 19.0 Å². The third-order valence-electron chi connectivity index (χ3n) is 3.37. The maximum absolute atomic E-state index is 13.9. The topological polar surface area (TPSA) is 55.7 Å². The molecule has 6 heteroatoms. The average Bonchev–Trinajstić information content (AvgIpc) is 2.47. The van der Waals surface area contributed by atoms with Crippen LogP contribution < -0.4 is 5.32 Å². The van der Waals surface area contributed by atoms with Crippen molar-refractivity contribution in [1.82, 2.24) is 10.2 Å². The first-order chi connectivity index (χ1) is 10.1. The van der Waals surface area contributed by atoms with Crippen LogP contribution in [0.5, 0.6) is 0 Å². The molecule has 0 radical (unpaired) electrons. The second-order valence-corrected chi connectivity index (χ2v) is 4.83. The largest absolute Gasteiger partial charge is 0.395 e. The first-order valence-corrected chi connectivity index (χ1v) is 7.25. The van der Waals surface area contributed by atoms with E-state index < -0.39 is 11.6 Å². The van der Waals surface area contributed by atoms with E-state index in [0.717, 1.165) is 6.07 Å². The maximum atomic E-state index is 13.9. The number of rotatable bonds is 10. The SMILES string of the molecule is CCNC(CCN(CCO)CCO)c1cccc(F)c1F. The summed E-state index contributed by atoms with van der Waals surface area (Å²) in [6.07, 6.45) is 0.564. The van der Waals surface area contributed by atoms with Crippen LogP contribution in [0.1, 0.15) is 24.9 Å². The summed E-state index contributed by atoms with van der Waals surface area (Å²) < 4.78 is 27.2. The third kappa shape index (κ3) is 5.67. The molecule has 0 aliphatic rings. The van der Waals surface area contributed by atoms with E-state index in [1.165, 1.54) is 6.07 Å². The summed E-state index contributed by atoms with van der Waals surface area (Å²) in [6.45, 7) is 4.02. The highest BCUT2D eigenvalue weighted by Crippen LogP contribution is 2.22. The number of halogens is 2. The Hall–Kier alpha value is -1.08. The van der Waals surface area contributed by atoms with Gasteiger partial charge in [-0.3, -0.25) is 4.90 Å². The Morgan fingerprint density at radius 1 is 1.14 bits per heavy atom. The zero-order chi connectivity index (χ0) is 15.7. The van der Waals surface area contributed by atoms with Crippen molar-refractivity contribution in [2.24, 2.45) is 0 Å². The molecular weight excluding hydrogens is 278 g/mol. The molecule has 0 bridgehead atoms. The van der Waals surface area contributed by atoms with Crippen LogP contribution in [0.2, 0.25) is 0 Å². The molecule has 0 heterocycles. The van der Waals surface area contributed by atoms with E-state index in [4.69, 9.17) is 10.2 Å². The Balaban J connectivity index is 2.75. The van der Waals surface area contributed by atoms with Crippen molar-refractivity contribution in [3.8, 4) is 0 Å². The molecular formula is C15H24F2N2O2. The van der Waals surface area contributed by atoms with Gasteiger partial charge in [0.05, 0.1) is 13.2 Å². The van der Waals surface area contributed by atoms with E-state index in [1.54, 1.807) is 6.07 Å². The molecule has 0 aliphatic carbocycles. The van der Waals surface area contributed by atoms with Crippen LogP contribution in [0.3, 0.4) is 0 Å². The van der Waals surface area contributed by atoms with Crippen LogP contribution in [-0.2, 0) is 0 Å². The minimum atomic E-state index is -0.849. The van der Waals surface area contributed by atoms with E-state index in [9.17, 15) is 8.78 Å². The van der Waals surface area contributed by atoms with Gasteiger partial charge in [0.1, 0.15) is 0 Å². The molecule has 0 saturated heterocycles. The predicted molar refractivity (Wildman–Crippen MR) is 78.0 cm³/mol. The number of nitrogens with zero attached hydrogens (tertiary/aromatic N) is 1. The van der Waals surface area contributed by atoms with Gasteiger partial charge in [-0.2, -0.15) is 0 Å². The summed E-state index contributed by atoms with van der Waals surface area (Å²) in [4.78, 5) is 1.89. The van der Waals surface area contributed by atoms with Crippen molar-refractivity contribution in [1.29, 1.82) is 0 Å². The summed E-state index contributed by atoms with van der Waals surface area (Å²) in [5.74, 6) is -1.67. The molecule has 3 N–H and O–H groups in total. The van der Waals surface area contributed by atoms with Crippen LogP contribution in [0.15, 0.2) is 18.2 Å². The lowest BCUT2D eigenvalue weighted by Crippen LogP contribution is -2.34. The Bertz CT molecular complexity index is 413. The number of aliphatic hydroxyl groups is 2. The Morgan fingerprint density at radius 2 is 1.81 bits per heavy atom. The van der Waals surface area contributed by atoms with E-state index in [1.807, 2.05) is 11.8 Å². The Labute approximate surface area is 124 Å². The van der Waals surface area contributed by atoms with Gasteiger partial charge in [0, 0.05) is 31.2 Å². The Morgan fingerprint density at radius 3 is 2.38 bits per heavy atom. The van der Waals surface area contributed by atoms with Gasteiger partial charge in [0.25, 0.3) is 0 Å². The summed E-state index contributed by atoms with van der Waals surface area (Å²) >= 11 is 0. The molecule has 0 aliphatic heterocycles. The summed E-state index contributed by atoms with van der Waals surface area (Å²) in [5, 5.41) is 21.1. The monoisotopic (exact) mass is 302 g/mol. The quantitative estimate of drug-likeness (QED) is 0.610. The minimum Gasteiger partial charge on any atom is -0.395 e. The van der Waals surface area contributed by atoms with Crippen molar-refractivity contribution in [3.63, 3.8) is 0 Å². The molecule has 0 saturated carbocycles. The number of nitrogens with one attached hydrogen (secondary N) is 1. The lowest BCUT2D eigenvalue weighted by molar-refractivity contribution is 0.156. The van der Waals surface area contributed by atoms with Gasteiger partial charge < -0.3 is 15.5 Å². The van der Waals surface area contributed by atoms with Crippen LogP contribution in [-0.4, -0.2) is 54.5 Å². The lowest BCUT2D eigenvalue weighted by atomic mass is 10.0. The fourth-order valence-electron chi connectivity index (χ4n) is 2.33. The fourth-order valence-corrected chi connectivity index (χ4v) is 2.33. The van der Waals surface area contributed by atoms with Crippen LogP contribution in [0, 0.1) is 11.6 Å². The molecule has 1 aromatic rings. The molecule has 1 rings (SSSR count). The number of benzene rings is 1. The van der Waals surface area contributed by atoms with Gasteiger partial charge in [-0.25, -0.2) is 8.78 Å². The van der Waals surface area contributed by atoms with Crippen molar-refractivity contribution in [3.05, 3.63) is 35.4 Å². The highest BCUT2D eigenvalue weighted by Gasteiger charge is 2.18. The number of aliphatic hydroxyl groups excluding tert-OH is 2. The maximum Gasteiger partial charge on any atom is 0.163 e. The predicted octanol–water partition coefficient (Wildman–Crippen LogP) is 1.29. The molecule has 0 spiro atoms. The molecule has 0 aromatic heterocycles. The normalized spacial score (nSPS) is 12.9. The summed E-state index contributed by atoms with van der Waals surface area (Å²) in [5.41, 5.74) is 0.310. The van der Waals surface area contributed by atoms with Gasteiger partial charge in [-0.15, -0.1) is 0 Å². The van der Waals surface area contributed by atoms with Crippen LogP contribution >= 0.6 is 0 Å². The first-order valence-electron chi connectivity index (χ1n) is 7.25. The zero-order valence-corrected chi connectivity index (χ0v) is 12.4. The van der Waals surface area contributed by atoms with E-state index in [-0.39, 0.29) is 19.3 Å². The molecule has 1 unspecified atom stereocenters. The van der Waals surface area contributed by atoms with Crippen LogP contribution in [0.25, 0.3) is 0 Å². The third-order valence-corrected chi connectivity index (χ3v) is 3.37. The van der Waals surface area contributed by atoms with Crippen molar-refractivity contribution in [2.75, 3.05) is 39.4 Å². The van der Waals surface area contributed by atoms with Gasteiger partial charge >= 0.3 is 0 Å². The highest BCUT2D eigenvalue weighted by molar-refractivity contribution is 5.22. The van der Waals surface area contributed by atoms with Gasteiger partial charge in [-0.05, 0) is 19.0 Å². The molecule has 1 atom stereocenters. The molecule has 1 aromatic carbocycles. The second kappa shape index (κ2) is 9.78. The zero-order valence-electron chi connectivity index (χ0n) is 12.4. The second-order valence-electron chi connectivity index (χ2n) is 4.83. The van der Waals surface area contributed by atoms with Gasteiger partial charge in [0.15, 0.2) is 11.6 Å². The van der Waals surface area contributed by atoms with Crippen LogP contribution in [0.4, 0.5) is 8.78 Å². The molecule has 120 valence electrons. The van der Waals surface area contributed by atoms with E-state index in [2.05, 4.69) is 5.32 Å². The van der Waals surface area contributed by atoms with E-state index in [0.29, 0.717) is 38.2 Å². The first kappa shape index (κ1) is 18.0. The molecule has 21 heavy (non-hydrogen) atoms. The standard InChI is InChI=1S/C15H24F2N2O2/c1-2-18-14(6-7-19(8-10-20)9-11-21)12-4-3-5-13(16)15(12)17/h3-5,14,18,20-21H,2,6-11H2,1H3. The highest BCUT2D eigenvalue weighted by atomic mass is 19.2.